The van der Waals surface area contributed by atoms with Crippen molar-refractivity contribution in [3.05, 3.63) is 0 Å². The zero-order valence-corrected chi connectivity index (χ0v) is 8.57. The normalized spacial score (nSPS) is 35.2. The Hall–Kier alpha value is 0.610. The molecule has 1 aliphatic rings. The minimum Gasteiger partial charge on any atom is -0.396 e. The summed E-state index contributed by atoms with van der Waals surface area (Å²) in [5, 5.41) is 18.4. The van der Waals surface area contributed by atoms with Gasteiger partial charge in [-0.15, -0.1) is 0 Å². The van der Waals surface area contributed by atoms with E-state index in [-0.39, 0.29) is 18.6 Å². The topological polar surface area (TPSA) is 43.7 Å². The highest BCUT2D eigenvalue weighted by Crippen LogP contribution is 2.19. The molecule has 0 aromatic rings. The summed E-state index contributed by atoms with van der Waals surface area (Å²) in [6, 6.07) is 0. The minimum absolute atomic E-state index is 0.0924. The third kappa shape index (κ3) is 2.85. The number of nitrogens with zero attached hydrogens (tertiary/aromatic N) is 1. The van der Waals surface area contributed by atoms with E-state index in [9.17, 15) is 5.11 Å². The van der Waals surface area contributed by atoms with Crippen LogP contribution in [0.2, 0.25) is 0 Å². The molecule has 2 unspecified atom stereocenters. The number of rotatable bonds is 1. The van der Waals surface area contributed by atoms with E-state index in [4.69, 9.17) is 5.11 Å². The lowest BCUT2D eigenvalue weighted by atomic mass is 9.99. The Morgan fingerprint density at radius 3 is 2.64 bits per heavy atom. The van der Waals surface area contributed by atoms with Gasteiger partial charge in [0.2, 0.25) is 0 Å². The molecular weight excluding hydrogens is 257 g/mol. The molecule has 4 heteroatoms. The molecule has 1 heterocycles. The van der Waals surface area contributed by atoms with Crippen LogP contribution in [-0.4, -0.2) is 39.1 Å². The van der Waals surface area contributed by atoms with Crippen molar-refractivity contribution in [1.29, 1.82) is 0 Å². The van der Waals surface area contributed by atoms with Crippen LogP contribution in [0, 0.1) is 5.92 Å². The lowest BCUT2D eigenvalue weighted by Gasteiger charge is -2.15. The molecule has 0 amide bonds. The first kappa shape index (κ1) is 9.70. The molecule has 1 saturated heterocycles. The number of hydrogen-bond donors (Lipinski definition) is 2. The second-order valence-corrected chi connectivity index (χ2v) is 4.36. The van der Waals surface area contributed by atoms with Gasteiger partial charge in [0.25, 0.3) is 0 Å². The Morgan fingerprint density at radius 2 is 2.00 bits per heavy atom. The van der Waals surface area contributed by atoms with Crippen LogP contribution in [0.25, 0.3) is 0 Å². The average Bonchev–Trinajstić information content (AvgIpc) is 2.15. The van der Waals surface area contributed by atoms with Crippen LogP contribution in [0.4, 0.5) is 0 Å². The van der Waals surface area contributed by atoms with Gasteiger partial charge in [-0.2, -0.15) is 0 Å². The first-order valence-corrected chi connectivity index (χ1v) is 4.90. The maximum Gasteiger partial charge on any atom is 0.0603 e. The Bertz CT molecular complexity index is 123. The number of hydrogen-bond acceptors (Lipinski definition) is 3. The van der Waals surface area contributed by atoms with E-state index in [1.54, 1.807) is 0 Å². The fourth-order valence-corrected chi connectivity index (χ4v) is 1.89. The molecule has 0 aromatic carbocycles. The summed E-state index contributed by atoms with van der Waals surface area (Å²) < 4.78 is 2.16. The van der Waals surface area contributed by atoms with Crippen molar-refractivity contribution in [1.82, 2.24) is 3.11 Å². The Morgan fingerprint density at radius 1 is 1.36 bits per heavy atom. The quantitative estimate of drug-likeness (QED) is 0.536. The zero-order valence-electron chi connectivity index (χ0n) is 6.41. The third-order valence-corrected chi connectivity index (χ3v) is 3.15. The number of halogens is 1. The van der Waals surface area contributed by atoms with Gasteiger partial charge in [-0.3, -0.25) is 0 Å². The minimum atomic E-state index is -0.306. The van der Waals surface area contributed by atoms with Crippen LogP contribution in [0.15, 0.2) is 0 Å². The molecule has 1 aliphatic heterocycles. The van der Waals surface area contributed by atoms with Gasteiger partial charge in [-0.1, -0.05) is 0 Å². The maximum atomic E-state index is 9.48. The molecule has 11 heavy (non-hydrogen) atoms. The van der Waals surface area contributed by atoms with Crippen LogP contribution in [-0.2, 0) is 0 Å². The molecule has 0 bridgehead atoms. The van der Waals surface area contributed by atoms with E-state index in [2.05, 4.69) is 26.0 Å². The molecule has 0 aliphatic carbocycles. The smallest absolute Gasteiger partial charge is 0.0603 e. The molecule has 2 atom stereocenters. The summed E-state index contributed by atoms with van der Waals surface area (Å²) in [5.74, 6) is 0.0924. The summed E-state index contributed by atoms with van der Waals surface area (Å²) in [7, 11) is 0. The lowest BCUT2D eigenvalue weighted by Crippen LogP contribution is -2.23. The van der Waals surface area contributed by atoms with Crippen molar-refractivity contribution < 1.29 is 10.2 Å². The second kappa shape index (κ2) is 4.59. The molecule has 2 N–H and O–H groups in total. The largest absolute Gasteiger partial charge is 0.396 e. The zero-order chi connectivity index (χ0) is 8.27. The van der Waals surface area contributed by atoms with E-state index < -0.39 is 0 Å². The molecule has 1 fully saturated rings. The molecule has 0 aromatic heterocycles. The fourth-order valence-electron chi connectivity index (χ4n) is 1.33. The summed E-state index contributed by atoms with van der Waals surface area (Å²) in [6.45, 7) is 2.02. The third-order valence-electron chi connectivity index (χ3n) is 2.19. The molecule has 0 radical (unpaired) electrons. The highest BCUT2D eigenvalue weighted by molar-refractivity contribution is 14.1. The van der Waals surface area contributed by atoms with E-state index in [0.29, 0.717) is 0 Å². The average molecular weight is 271 g/mol. The Labute approximate surface area is 80.9 Å². The standard InChI is InChI=1S/C7H14INO2/c8-9-3-1-6(5-10)7(11)2-4-9/h6-7,10-11H,1-5H2. The van der Waals surface area contributed by atoms with Crippen LogP contribution in [0.1, 0.15) is 12.8 Å². The van der Waals surface area contributed by atoms with Crippen LogP contribution >= 0.6 is 22.9 Å². The molecule has 1 rings (SSSR count). The van der Waals surface area contributed by atoms with Crippen molar-refractivity contribution >= 4 is 22.9 Å². The van der Waals surface area contributed by atoms with Gasteiger partial charge in [0, 0.05) is 48.5 Å². The second-order valence-electron chi connectivity index (χ2n) is 3.00. The fraction of sp³-hybridized carbons (Fsp3) is 1.00. The summed E-state index contributed by atoms with van der Waals surface area (Å²) >= 11 is 2.26. The highest BCUT2D eigenvalue weighted by Gasteiger charge is 2.22. The van der Waals surface area contributed by atoms with Crippen molar-refractivity contribution in [2.24, 2.45) is 5.92 Å². The van der Waals surface area contributed by atoms with Gasteiger partial charge in [-0.05, 0) is 12.8 Å². The van der Waals surface area contributed by atoms with Crippen LogP contribution < -0.4 is 0 Å². The van der Waals surface area contributed by atoms with Gasteiger partial charge in [0.05, 0.1) is 6.10 Å². The SMILES string of the molecule is OCC1CCN(I)CCC1O. The Kier molecular flexibility index (Phi) is 4.05. The van der Waals surface area contributed by atoms with Crippen molar-refractivity contribution in [3.63, 3.8) is 0 Å². The molecule has 0 saturated carbocycles. The first-order chi connectivity index (χ1) is 5.24. The van der Waals surface area contributed by atoms with Crippen molar-refractivity contribution in [2.75, 3.05) is 19.7 Å². The van der Waals surface area contributed by atoms with Crippen LogP contribution in [0.3, 0.4) is 0 Å². The predicted molar refractivity (Wildman–Crippen MR) is 51.4 cm³/mol. The summed E-state index contributed by atoms with van der Waals surface area (Å²) in [5.41, 5.74) is 0. The van der Waals surface area contributed by atoms with Gasteiger partial charge in [0.15, 0.2) is 0 Å². The number of aliphatic hydroxyl groups is 2. The Balaban J connectivity index is 2.41. The van der Waals surface area contributed by atoms with Gasteiger partial charge in [-0.25, -0.2) is 3.11 Å². The maximum absolute atomic E-state index is 9.48. The van der Waals surface area contributed by atoms with E-state index >= 15 is 0 Å². The monoisotopic (exact) mass is 271 g/mol. The number of aliphatic hydroxyl groups excluding tert-OH is 2. The summed E-state index contributed by atoms with van der Waals surface area (Å²) in [6.07, 6.45) is 1.38. The van der Waals surface area contributed by atoms with E-state index in [1.807, 2.05) is 0 Å². The highest BCUT2D eigenvalue weighted by atomic mass is 127. The van der Waals surface area contributed by atoms with E-state index in [1.165, 1.54) is 0 Å². The molecule has 0 spiro atoms. The van der Waals surface area contributed by atoms with Gasteiger partial charge < -0.3 is 10.2 Å². The van der Waals surface area contributed by atoms with Crippen molar-refractivity contribution in [3.8, 4) is 0 Å². The van der Waals surface area contributed by atoms with Gasteiger partial charge in [0.1, 0.15) is 0 Å². The van der Waals surface area contributed by atoms with E-state index in [0.717, 1.165) is 25.9 Å². The van der Waals surface area contributed by atoms with Crippen molar-refractivity contribution in [2.45, 2.75) is 18.9 Å². The first-order valence-electron chi connectivity index (χ1n) is 3.93. The van der Waals surface area contributed by atoms with Gasteiger partial charge >= 0.3 is 0 Å². The lowest BCUT2D eigenvalue weighted by molar-refractivity contribution is 0.0655. The summed E-state index contributed by atoms with van der Waals surface area (Å²) in [4.78, 5) is 0. The molecular formula is C7H14INO2. The van der Waals surface area contributed by atoms with Crippen LogP contribution in [0.5, 0.6) is 0 Å². The molecule has 66 valence electrons. The predicted octanol–water partition coefficient (Wildman–Crippen LogP) is 0.402. The molecule has 3 nitrogen and oxygen atoms in total.